The Hall–Kier alpha value is -0.820. The van der Waals surface area contributed by atoms with E-state index in [-0.39, 0.29) is 18.4 Å². The summed E-state index contributed by atoms with van der Waals surface area (Å²) < 4.78 is 32.1. The maximum absolute atomic E-state index is 12.5. The lowest BCUT2D eigenvalue weighted by molar-refractivity contribution is 0.271. The third-order valence-electron chi connectivity index (χ3n) is 3.47. The molecule has 1 heterocycles. The van der Waals surface area contributed by atoms with Crippen LogP contribution in [0.4, 0.5) is 0 Å². The van der Waals surface area contributed by atoms with E-state index in [0.717, 1.165) is 12.8 Å². The Morgan fingerprint density at radius 2 is 1.95 bits per heavy atom. The van der Waals surface area contributed by atoms with Gasteiger partial charge in [-0.15, -0.1) is 12.4 Å². The first-order valence-electron chi connectivity index (χ1n) is 7.38. The zero-order valence-electron chi connectivity index (χ0n) is 13.1. The number of sulfonamides is 1. The van der Waals surface area contributed by atoms with Crippen molar-refractivity contribution >= 4 is 22.4 Å². The van der Waals surface area contributed by atoms with E-state index in [2.05, 4.69) is 13.8 Å². The van der Waals surface area contributed by atoms with Crippen molar-refractivity contribution in [1.82, 2.24) is 4.31 Å². The van der Waals surface area contributed by atoms with E-state index in [0.29, 0.717) is 36.3 Å². The standard InChI is InChI=1S/C15H24N2O3S.ClH/c1-12(2)11-20-14-5-7-15(8-6-14)21(18,19)17-9-3-4-13(16)10-17;/h5-8,12-13H,3-4,9-11,16H2,1-2H3;1H/t13-;/m1./s1. The van der Waals surface area contributed by atoms with Crippen LogP contribution < -0.4 is 10.5 Å². The van der Waals surface area contributed by atoms with E-state index < -0.39 is 10.0 Å². The van der Waals surface area contributed by atoms with Crippen molar-refractivity contribution in [3.05, 3.63) is 24.3 Å². The van der Waals surface area contributed by atoms with Crippen LogP contribution in [-0.4, -0.2) is 38.5 Å². The van der Waals surface area contributed by atoms with Gasteiger partial charge < -0.3 is 10.5 Å². The Balaban J connectivity index is 0.00000242. The molecule has 0 spiro atoms. The maximum Gasteiger partial charge on any atom is 0.243 e. The number of ether oxygens (including phenoxy) is 1. The number of nitrogens with two attached hydrogens (primary N) is 1. The van der Waals surface area contributed by atoms with Crippen LogP contribution in [0.3, 0.4) is 0 Å². The fourth-order valence-corrected chi connectivity index (χ4v) is 3.85. The molecule has 0 aliphatic carbocycles. The highest BCUT2D eigenvalue weighted by molar-refractivity contribution is 7.89. The smallest absolute Gasteiger partial charge is 0.243 e. The highest BCUT2D eigenvalue weighted by Gasteiger charge is 2.28. The molecule has 1 saturated heterocycles. The summed E-state index contributed by atoms with van der Waals surface area (Å²) in [4.78, 5) is 0.300. The molecule has 1 atom stereocenters. The largest absolute Gasteiger partial charge is 0.493 e. The molecule has 0 saturated carbocycles. The van der Waals surface area contributed by atoms with Gasteiger partial charge in [-0.05, 0) is 43.0 Å². The summed E-state index contributed by atoms with van der Waals surface area (Å²) in [5.74, 6) is 1.13. The minimum absolute atomic E-state index is 0. The van der Waals surface area contributed by atoms with Crippen LogP contribution in [0.15, 0.2) is 29.2 Å². The first-order chi connectivity index (χ1) is 9.89. The van der Waals surface area contributed by atoms with Gasteiger partial charge in [-0.1, -0.05) is 13.8 Å². The van der Waals surface area contributed by atoms with E-state index in [1.54, 1.807) is 24.3 Å². The summed E-state index contributed by atoms with van der Waals surface area (Å²) in [6.45, 7) is 5.69. The van der Waals surface area contributed by atoms with Gasteiger partial charge in [0, 0.05) is 19.1 Å². The topological polar surface area (TPSA) is 72.6 Å². The molecule has 0 amide bonds. The minimum Gasteiger partial charge on any atom is -0.493 e. The lowest BCUT2D eigenvalue weighted by Gasteiger charge is -2.29. The van der Waals surface area contributed by atoms with Gasteiger partial charge in [-0.2, -0.15) is 4.31 Å². The zero-order chi connectivity index (χ0) is 15.5. The molecule has 1 aliphatic heterocycles. The molecule has 1 aromatic carbocycles. The van der Waals surface area contributed by atoms with Crippen LogP contribution in [0, 0.1) is 5.92 Å². The molecule has 0 bridgehead atoms. The third kappa shape index (κ3) is 4.84. The van der Waals surface area contributed by atoms with E-state index in [4.69, 9.17) is 10.5 Å². The van der Waals surface area contributed by atoms with E-state index in [1.807, 2.05) is 0 Å². The molecule has 1 aliphatic rings. The average Bonchev–Trinajstić information content (AvgIpc) is 2.45. The lowest BCUT2D eigenvalue weighted by Crippen LogP contribution is -2.45. The molecule has 126 valence electrons. The van der Waals surface area contributed by atoms with Gasteiger partial charge >= 0.3 is 0 Å². The maximum atomic E-state index is 12.5. The highest BCUT2D eigenvalue weighted by Crippen LogP contribution is 2.22. The number of hydrogen-bond acceptors (Lipinski definition) is 4. The van der Waals surface area contributed by atoms with E-state index in [1.165, 1.54) is 4.31 Å². The van der Waals surface area contributed by atoms with Crippen molar-refractivity contribution in [3.8, 4) is 5.75 Å². The lowest BCUT2D eigenvalue weighted by atomic mass is 10.1. The van der Waals surface area contributed by atoms with Crippen molar-refractivity contribution in [2.45, 2.75) is 37.6 Å². The molecular weight excluding hydrogens is 324 g/mol. The van der Waals surface area contributed by atoms with Crippen molar-refractivity contribution in [2.75, 3.05) is 19.7 Å². The second kappa shape index (κ2) is 8.15. The first-order valence-corrected chi connectivity index (χ1v) is 8.82. The molecule has 22 heavy (non-hydrogen) atoms. The number of nitrogens with zero attached hydrogens (tertiary/aromatic N) is 1. The molecule has 1 fully saturated rings. The molecule has 0 unspecified atom stereocenters. The van der Waals surface area contributed by atoms with Gasteiger partial charge in [0.1, 0.15) is 5.75 Å². The van der Waals surface area contributed by atoms with Crippen LogP contribution in [-0.2, 0) is 10.0 Å². The molecule has 7 heteroatoms. The Morgan fingerprint density at radius 1 is 1.32 bits per heavy atom. The normalized spacial score (nSPS) is 19.7. The van der Waals surface area contributed by atoms with Crippen molar-refractivity contribution in [1.29, 1.82) is 0 Å². The fraction of sp³-hybridized carbons (Fsp3) is 0.600. The van der Waals surface area contributed by atoms with Gasteiger partial charge in [0.15, 0.2) is 0 Å². The van der Waals surface area contributed by atoms with Gasteiger partial charge in [0.25, 0.3) is 0 Å². The third-order valence-corrected chi connectivity index (χ3v) is 5.34. The molecule has 2 N–H and O–H groups in total. The van der Waals surface area contributed by atoms with E-state index >= 15 is 0 Å². The molecule has 1 aromatic rings. The number of hydrogen-bond donors (Lipinski definition) is 1. The Morgan fingerprint density at radius 3 is 2.50 bits per heavy atom. The summed E-state index contributed by atoms with van der Waals surface area (Å²) in [6, 6.07) is 6.55. The fourth-order valence-electron chi connectivity index (χ4n) is 2.31. The van der Waals surface area contributed by atoms with Crippen LogP contribution in [0.1, 0.15) is 26.7 Å². The summed E-state index contributed by atoms with van der Waals surface area (Å²) in [6.07, 6.45) is 1.70. The predicted molar refractivity (Wildman–Crippen MR) is 90.0 cm³/mol. The second-order valence-corrected chi connectivity index (χ2v) is 7.88. The van der Waals surface area contributed by atoms with E-state index in [9.17, 15) is 8.42 Å². The summed E-state index contributed by atoms with van der Waals surface area (Å²) in [5.41, 5.74) is 5.87. The van der Waals surface area contributed by atoms with Gasteiger partial charge in [-0.3, -0.25) is 0 Å². The zero-order valence-corrected chi connectivity index (χ0v) is 14.7. The quantitative estimate of drug-likeness (QED) is 0.885. The molecular formula is C15H25ClN2O3S. The van der Waals surface area contributed by atoms with Gasteiger partial charge in [-0.25, -0.2) is 8.42 Å². The Labute approximate surface area is 139 Å². The SMILES string of the molecule is CC(C)COc1ccc(S(=O)(=O)N2CCC[C@@H](N)C2)cc1.Cl. The molecule has 0 aromatic heterocycles. The van der Waals surface area contributed by atoms with Crippen LogP contribution in [0.25, 0.3) is 0 Å². The van der Waals surface area contributed by atoms with Crippen LogP contribution in [0.5, 0.6) is 5.75 Å². The van der Waals surface area contributed by atoms with Gasteiger partial charge in [0.05, 0.1) is 11.5 Å². The van der Waals surface area contributed by atoms with Crippen molar-refractivity contribution < 1.29 is 13.2 Å². The van der Waals surface area contributed by atoms with Crippen LogP contribution in [0.2, 0.25) is 0 Å². The first kappa shape index (κ1) is 19.2. The Kier molecular flexibility index (Phi) is 7.12. The molecule has 5 nitrogen and oxygen atoms in total. The average molecular weight is 349 g/mol. The van der Waals surface area contributed by atoms with Crippen LogP contribution >= 0.6 is 12.4 Å². The van der Waals surface area contributed by atoms with Crippen molar-refractivity contribution in [2.24, 2.45) is 11.7 Å². The minimum atomic E-state index is -3.45. The number of piperidine rings is 1. The monoisotopic (exact) mass is 348 g/mol. The predicted octanol–water partition coefficient (Wildman–Crippen LogP) is 2.26. The molecule has 2 rings (SSSR count). The number of benzene rings is 1. The highest BCUT2D eigenvalue weighted by atomic mass is 35.5. The summed E-state index contributed by atoms with van der Waals surface area (Å²) >= 11 is 0. The molecule has 0 radical (unpaired) electrons. The van der Waals surface area contributed by atoms with Gasteiger partial charge in [0.2, 0.25) is 10.0 Å². The summed E-state index contributed by atoms with van der Waals surface area (Å²) in [5, 5.41) is 0. The second-order valence-electron chi connectivity index (χ2n) is 5.94. The number of rotatable bonds is 5. The Bertz CT molecular complexity index is 561. The number of halogens is 1. The summed E-state index contributed by atoms with van der Waals surface area (Å²) in [7, 11) is -3.45. The van der Waals surface area contributed by atoms with Crippen molar-refractivity contribution in [3.63, 3.8) is 0 Å².